The van der Waals surface area contributed by atoms with E-state index in [1.807, 2.05) is 18.2 Å². The zero-order chi connectivity index (χ0) is 24.2. The van der Waals surface area contributed by atoms with Crippen molar-refractivity contribution in [3.05, 3.63) is 58.8 Å². The average molecular weight is 464 g/mol. The monoisotopic (exact) mass is 463 g/mol. The number of aliphatic hydroxyl groups is 1. The van der Waals surface area contributed by atoms with Gasteiger partial charge in [0, 0.05) is 30.9 Å². The minimum absolute atomic E-state index is 0.0356. The number of carbonyl (C=O) groups is 1. The summed E-state index contributed by atoms with van der Waals surface area (Å²) in [5.74, 6) is 0.655. The molecule has 178 valence electrons. The summed E-state index contributed by atoms with van der Waals surface area (Å²) < 4.78 is 5.62. The summed E-state index contributed by atoms with van der Waals surface area (Å²) in [4.78, 5) is 19.2. The van der Waals surface area contributed by atoms with Crippen LogP contribution in [0.15, 0.2) is 36.4 Å². The van der Waals surface area contributed by atoms with Gasteiger partial charge in [0.15, 0.2) is 11.5 Å². The van der Waals surface area contributed by atoms with Crippen LogP contribution in [0.25, 0.3) is 0 Å². The molecule has 3 aromatic rings. The predicted molar refractivity (Wildman–Crippen MR) is 130 cm³/mol. The molecule has 1 aliphatic rings. The number of benzene rings is 2. The Morgan fingerprint density at radius 2 is 2.00 bits per heavy atom. The van der Waals surface area contributed by atoms with Crippen LogP contribution in [-0.2, 0) is 13.0 Å². The maximum absolute atomic E-state index is 12.4. The molecule has 0 spiro atoms. The first-order valence-electron chi connectivity index (χ1n) is 11.1. The van der Waals surface area contributed by atoms with Gasteiger partial charge in [0.2, 0.25) is 5.95 Å². The molecule has 10 heteroatoms. The molecule has 1 amide bonds. The van der Waals surface area contributed by atoms with Crippen LogP contribution in [0.4, 0.5) is 23.1 Å². The van der Waals surface area contributed by atoms with E-state index in [0.717, 1.165) is 13.0 Å². The second-order valence-corrected chi connectivity index (χ2v) is 8.13. The Balaban J connectivity index is 1.72. The first kappa shape index (κ1) is 23.4. The molecule has 2 aromatic carbocycles. The van der Waals surface area contributed by atoms with E-state index in [4.69, 9.17) is 4.74 Å². The summed E-state index contributed by atoms with van der Waals surface area (Å²) in [7, 11) is 5.24. The molecule has 2 heterocycles. The fraction of sp³-hybridized carbons (Fsp3) is 0.333. The molecule has 4 rings (SSSR count). The number of nitrogens with one attached hydrogen (secondary N) is 3. The van der Waals surface area contributed by atoms with Gasteiger partial charge in [-0.15, -0.1) is 10.2 Å². The van der Waals surface area contributed by atoms with E-state index in [9.17, 15) is 9.90 Å². The van der Waals surface area contributed by atoms with Crippen molar-refractivity contribution in [2.45, 2.75) is 26.0 Å². The van der Waals surface area contributed by atoms with Gasteiger partial charge in [0.05, 0.1) is 19.4 Å². The Kier molecular flexibility index (Phi) is 6.90. The van der Waals surface area contributed by atoms with Crippen LogP contribution in [0, 0.1) is 0 Å². The molecule has 10 nitrogen and oxygen atoms in total. The first-order valence-corrected chi connectivity index (χ1v) is 11.1. The highest BCUT2D eigenvalue weighted by molar-refractivity contribution is 5.97. The molecular weight excluding hydrogens is 434 g/mol. The van der Waals surface area contributed by atoms with E-state index in [0.29, 0.717) is 22.7 Å². The van der Waals surface area contributed by atoms with E-state index in [1.54, 1.807) is 19.2 Å². The van der Waals surface area contributed by atoms with E-state index in [-0.39, 0.29) is 30.1 Å². The van der Waals surface area contributed by atoms with Crippen LogP contribution < -0.4 is 20.7 Å². The zero-order valence-electron chi connectivity index (χ0n) is 19.7. The summed E-state index contributed by atoms with van der Waals surface area (Å²) in [5.41, 5.74) is 4.48. The number of hydrogen-bond acceptors (Lipinski definition) is 9. The number of hydrogen-bond donors (Lipinski definition) is 4. The van der Waals surface area contributed by atoms with Crippen molar-refractivity contribution in [1.82, 2.24) is 25.4 Å². The number of carbonyl (C=O) groups excluding carboxylic acids is 1. The normalized spacial score (nSPS) is 15.4. The standard InChI is InChI=1S/C24H29N7O3/c1-14-17-12-19(20(34-4)11-15(17)9-10-31(14)3)27-24-28-22(21(29-30-24)23(33)25-2)26-18-8-6-5-7-16(18)13-32/h5-8,11-12,14,32H,9-10,13H2,1-4H3,(H,25,33)(H2,26,27,28,30). The van der Waals surface area contributed by atoms with Gasteiger partial charge >= 0.3 is 0 Å². The molecule has 34 heavy (non-hydrogen) atoms. The van der Waals surface area contributed by atoms with Crippen molar-refractivity contribution < 1.29 is 14.6 Å². The van der Waals surface area contributed by atoms with Crippen molar-refractivity contribution >= 4 is 29.0 Å². The maximum Gasteiger partial charge on any atom is 0.275 e. The topological polar surface area (TPSA) is 125 Å². The minimum atomic E-state index is -0.432. The fourth-order valence-electron chi connectivity index (χ4n) is 4.00. The van der Waals surface area contributed by atoms with E-state index in [1.165, 1.54) is 18.2 Å². The Bertz CT molecular complexity index is 1200. The number of ether oxygens (including phenoxy) is 1. The highest BCUT2D eigenvalue weighted by Gasteiger charge is 2.24. The van der Waals surface area contributed by atoms with Crippen molar-refractivity contribution in [3.8, 4) is 5.75 Å². The number of aliphatic hydroxyl groups excluding tert-OH is 1. The summed E-state index contributed by atoms with van der Waals surface area (Å²) in [6, 6.07) is 11.6. The smallest absolute Gasteiger partial charge is 0.275 e. The van der Waals surface area contributed by atoms with Crippen molar-refractivity contribution in [2.24, 2.45) is 0 Å². The lowest BCUT2D eigenvalue weighted by Crippen LogP contribution is -2.30. The number of para-hydroxylation sites is 1. The number of rotatable bonds is 7. The molecule has 1 unspecified atom stereocenters. The second kappa shape index (κ2) is 10.0. The fourth-order valence-corrected chi connectivity index (χ4v) is 4.00. The Morgan fingerprint density at radius 1 is 1.21 bits per heavy atom. The summed E-state index contributed by atoms with van der Waals surface area (Å²) in [5, 5.41) is 26.8. The number of likely N-dealkylation sites (N-methyl/N-ethyl adjacent to an activating group) is 1. The molecule has 1 atom stereocenters. The number of anilines is 4. The molecule has 0 radical (unpaired) electrons. The van der Waals surface area contributed by atoms with Crippen LogP contribution in [0.3, 0.4) is 0 Å². The lowest BCUT2D eigenvalue weighted by Gasteiger charge is -2.32. The summed E-state index contributed by atoms with van der Waals surface area (Å²) >= 11 is 0. The van der Waals surface area contributed by atoms with E-state index < -0.39 is 5.91 Å². The van der Waals surface area contributed by atoms with Crippen LogP contribution >= 0.6 is 0 Å². The third-order valence-corrected chi connectivity index (χ3v) is 6.12. The number of aromatic nitrogens is 3. The van der Waals surface area contributed by atoms with Crippen LogP contribution in [0.1, 0.15) is 40.1 Å². The molecule has 0 saturated carbocycles. The Hall–Kier alpha value is -3.76. The average Bonchev–Trinajstić information content (AvgIpc) is 2.86. The quantitative estimate of drug-likeness (QED) is 0.419. The molecule has 0 fully saturated rings. The van der Waals surface area contributed by atoms with Gasteiger partial charge in [-0.1, -0.05) is 18.2 Å². The minimum Gasteiger partial charge on any atom is -0.495 e. The molecular formula is C24H29N7O3. The van der Waals surface area contributed by atoms with Crippen LogP contribution in [0.2, 0.25) is 0 Å². The first-order chi connectivity index (χ1) is 16.4. The SMILES string of the molecule is CNC(=O)c1nnc(Nc2cc3c(cc2OC)CCN(C)C3C)nc1Nc1ccccc1CO. The third-order valence-electron chi connectivity index (χ3n) is 6.12. The van der Waals surface area contributed by atoms with Gasteiger partial charge in [-0.3, -0.25) is 9.69 Å². The van der Waals surface area contributed by atoms with Gasteiger partial charge in [-0.05, 0) is 49.7 Å². The molecule has 1 aromatic heterocycles. The predicted octanol–water partition coefficient (Wildman–Crippen LogP) is 2.77. The van der Waals surface area contributed by atoms with Gasteiger partial charge in [-0.2, -0.15) is 4.98 Å². The number of amides is 1. The van der Waals surface area contributed by atoms with E-state index in [2.05, 4.69) is 56.1 Å². The lowest BCUT2D eigenvalue weighted by molar-refractivity contribution is 0.0957. The summed E-state index contributed by atoms with van der Waals surface area (Å²) in [6.07, 6.45) is 0.948. The molecule has 4 N–H and O–H groups in total. The van der Waals surface area contributed by atoms with Gasteiger partial charge < -0.3 is 25.8 Å². The van der Waals surface area contributed by atoms with E-state index >= 15 is 0 Å². The molecule has 1 aliphatic heterocycles. The number of fused-ring (bicyclic) bond motifs is 1. The zero-order valence-corrected chi connectivity index (χ0v) is 19.7. The van der Waals surface area contributed by atoms with Crippen molar-refractivity contribution in [3.63, 3.8) is 0 Å². The number of methoxy groups -OCH3 is 1. The van der Waals surface area contributed by atoms with Crippen LogP contribution in [0.5, 0.6) is 5.75 Å². The third kappa shape index (κ3) is 4.63. The highest BCUT2D eigenvalue weighted by atomic mass is 16.5. The highest BCUT2D eigenvalue weighted by Crippen LogP contribution is 2.37. The molecule has 0 bridgehead atoms. The Labute approximate surface area is 198 Å². The van der Waals surface area contributed by atoms with Gasteiger partial charge in [0.25, 0.3) is 5.91 Å². The van der Waals surface area contributed by atoms with Crippen molar-refractivity contribution in [2.75, 3.05) is 38.4 Å². The maximum atomic E-state index is 12.4. The van der Waals surface area contributed by atoms with Gasteiger partial charge in [0.1, 0.15) is 5.75 Å². The van der Waals surface area contributed by atoms with Crippen LogP contribution in [-0.4, -0.2) is 58.8 Å². The summed E-state index contributed by atoms with van der Waals surface area (Å²) in [6.45, 7) is 2.99. The second-order valence-electron chi connectivity index (χ2n) is 8.13. The van der Waals surface area contributed by atoms with Gasteiger partial charge in [-0.25, -0.2) is 0 Å². The molecule has 0 saturated heterocycles. The number of nitrogens with zero attached hydrogens (tertiary/aromatic N) is 4. The molecule has 0 aliphatic carbocycles. The largest absolute Gasteiger partial charge is 0.495 e. The lowest BCUT2D eigenvalue weighted by atomic mass is 9.93. The van der Waals surface area contributed by atoms with Crippen molar-refractivity contribution in [1.29, 1.82) is 0 Å². The Morgan fingerprint density at radius 3 is 2.74 bits per heavy atom.